The summed E-state index contributed by atoms with van der Waals surface area (Å²) in [6, 6.07) is 26.0. The summed E-state index contributed by atoms with van der Waals surface area (Å²) in [5.41, 5.74) is 3.09. The van der Waals surface area contributed by atoms with Crippen LogP contribution in [0.3, 0.4) is 0 Å². The van der Waals surface area contributed by atoms with Gasteiger partial charge >= 0.3 is 0 Å². The van der Waals surface area contributed by atoms with Gasteiger partial charge in [-0.1, -0.05) is 30.3 Å². The molecule has 0 aliphatic rings. The van der Waals surface area contributed by atoms with Crippen LogP contribution >= 0.6 is 50.9 Å². The normalized spacial score (nSPS) is 10.1. The summed E-state index contributed by atoms with van der Waals surface area (Å²) in [7, 11) is 0. The van der Waals surface area contributed by atoms with Crippen LogP contribution in [-0.4, -0.2) is 4.98 Å². The van der Waals surface area contributed by atoms with Crippen LogP contribution in [0, 0.1) is 3.57 Å². The highest BCUT2D eigenvalue weighted by atomic mass is 127. The Morgan fingerprint density at radius 2 is 1.48 bits per heavy atom. The van der Waals surface area contributed by atoms with Gasteiger partial charge in [-0.2, -0.15) is 0 Å². The van der Waals surface area contributed by atoms with Crippen LogP contribution in [0.15, 0.2) is 84.2 Å². The van der Waals surface area contributed by atoms with E-state index in [9.17, 15) is 0 Å². The molecule has 1 heterocycles. The average Bonchev–Trinajstić information content (AvgIpc) is 3.13. The first-order chi connectivity index (χ1) is 12.8. The lowest BCUT2D eigenvalue weighted by atomic mass is 10.2. The minimum Gasteiger partial charge on any atom is -0.457 e. The molecule has 0 saturated heterocycles. The van der Waals surface area contributed by atoms with Gasteiger partial charge in [0.25, 0.3) is 0 Å². The van der Waals surface area contributed by atoms with Crippen LogP contribution in [0.5, 0.6) is 11.5 Å². The standard InChI is InChI=1S/C21H15IN2OS.BrH/c22-16-8-6-15(7-9-16)20-14-26-21(24-20)23-17-10-12-19(13-11-17)25-18-4-2-1-3-5-18;/h1-14H,(H,23,24);1H. The SMILES string of the molecule is Br.Ic1ccc(-c2csc(Nc3ccc(Oc4ccccc4)cc3)n2)cc1. The van der Waals surface area contributed by atoms with Crippen LogP contribution in [0.4, 0.5) is 10.8 Å². The molecule has 1 aromatic heterocycles. The Morgan fingerprint density at radius 1 is 0.815 bits per heavy atom. The third-order valence-corrected chi connectivity index (χ3v) is 5.21. The van der Waals surface area contributed by atoms with E-state index in [4.69, 9.17) is 4.74 Å². The van der Waals surface area contributed by atoms with Gasteiger partial charge in [0.15, 0.2) is 5.13 Å². The summed E-state index contributed by atoms with van der Waals surface area (Å²) in [5.74, 6) is 1.63. The van der Waals surface area contributed by atoms with Crippen LogP contribution in [-0.2, 0) is 0 Å². The molecule has 0 spiro atoms. The topological polar surface area (TPSA) is 34.1 Å². The molecule has 3 aromatic carbocycles. The van der Waals surface area contributed by atoms with Gasteiger partial charge in [-0.15, -0.1) is 28.3 Å². The highest BCUT2D eigenvalue weighted by Crippen LogP contribution is 2.29. The summed E-state index contributed by atoms with van der Waals surface area (Å²) >= 11 is 3.90. The van der Waals surface area contributed by atoms with Gasteiger partial charge < -0.3 is 10.1 Å². The Hall–Kier alpha value is -1.90. The molecule has 0 bridgehead atoms. The van der Waals surface area contributed by atoms with Gasteiger partial charge in [0.05, 0.1) is 5.69 Å². The maximum absolute atomic E-state index is 5.81. The molecule has 0 amide bonds. The van der Waals surface area contributed by atoms with Crippen LogP contribution in [0.2, 0.25) is 0 Å². The molecule has 0 saturated carbocycles. The lowest BCUT2D eigenvalue weighted by molar-refractivity contribution is 0.483. The fourth-order valence-electron chi connectivity index (χ4n) is 2.44. The van der Waals surface area contributed by atoms with E-state index < -0.39 is 0 Å². The van der Waals surface area contributed by atoms with Gasteiger partial charge in [0, 0.05) is 20.2 Å². The van der Waals surface area contributed by atoms with E-state index in [0.29, 0.717) is 0 Å². The number of aromatic nitrogens is 1. The fourth-order valence-corrected chi connectivity index (χ4v) is 3.54. The van der Waals surface area contributed by atoms with E-state index in [1.165, 1.54) is 3.57 Å². The Kier molecular flexibility index (Phi) is 6.87. The fraction of sp³-hybridized carbons (Fsp3) is 0. The van der Waals surface area contributed by atoms with Crippen molar-refractivity contribution in [3.05, 3.63) is 87.8 Å². The highest BCUT2D eigenvalue weighted by molar-refractivity contribution is 14.1. The molecule has 1 N–H and O–H groups in total. The number of ether oxygens (including phenoxy) is 1. The minimum atomic E-state index is 0. The number of rotatable bonds is 5. The lowest BCUT2D eigenvalue weighted by Gasteiger charge is -2.07. The zero-order valence-electron chi connectivity index (χ0n) is 14.1. The third kappa shape index (κ3) is 5.31. The van der Waals surface area contributed by atoms with Crippen LogP contribution in [0.25, 0.3) is 11.3 Å². The lowest BCUT2D eigenvalue weighted by Crippen LogP contribution is -1.90. The largest absolute Gasteiger partial charge is 0.457 e. The van der Waals surface area contributed by atoms with Gasteiger partial charge in [-0.25, -0.2) is 4.98 Å². The number of anilines is 2. The first-order valence-corrected chi connectivity index (χ1v) is 10.0. The maximum Gasteiger partial charge on any atom is 0.187 e. The van der Waals surface area contributed by atoms with Crippen molar-refractivity contribution in [1.82, 2.24) is 4.98 Å². The Labute approximate surface area is 186 Å². The number of thiazole rings is 1. The summed E-state index contributed by atoms with van der Waals surface area (Å²) in [5, 5.41) is 6.28. The van der Waals surface area contributed by atoms with Crippen LogP contribution in [0.1, 0.15) is 0 Å². The van der Waals surface area contributed by atoms with E-state index in [0.717, 1.165) is 33.6 Å². The molecular weight excluding hydrogens is 535 g/mol. The molecule has 0 unspecified atom stereocenters. The second kappa shape index (κ2) is 9.34. The molecule has 27 heavy (non-hydrogen) atoms. The van der Waals surface area contributed by atoms with Crippen molar-refractivity contribution < 1.29 is 4.74 Å². The molecule has 0 fully saturated rings. The molecule has 136 valence electrons. The monoisotopic (exact) mass is 550 g/mol. The maximum atomic E-state index is 5.81. The molecule has 0 radical (unpaired) electrons. The second-order valence-electron chi connectivity index (χ2n) is 5.61. The molecule has 3 nitrogen and oxygen atoms in total. The van der Waals surface area contributed by atoms with Crippen LogP contribution < -0.4 is 10.1 Å². The van der Waals surface area contributed by atoms with Crippen molar-refractivity contribution in [3.8, 4) is 22.8 Å². The molecule has 4 rings (SSSR count). The van der Waals surface area contributed by atoms with Gasteiger partial charge in [-0.3, -0.25) is 0 Å². The number of nitrogens with zero attached hydrogens (tertiary/aromatic N) is 1. The second-order valence-corrected chi connectivity index (χ2v) is 7.71. The average molecular weight is 551 g/mol. The quantitative estimate of drug-likeness (QED) is 0.261. The number of hydrogen-bond acceptors (Lipinski definition) is 4. The predicted molar refractivity (Wildman–Crippen MR) is 127 cm³/mol. The third-order valence-electron chi connectivity index (χ3n) is 3.73. The Morgan fingerprint density at radius 3 is 2.19 bits per heavy atom. The Balaban J connectivity index is 0.00000210. The van der Waals surface area contributed by atoms with Crippen molar-refractivity contribution in [2.24, 2.45) is 0 Å². The van der Waals surface area contributed by atoms with Gasteiger partial charge in [0.1, 0.15) is 11.5 Å². The summed E-state index contributed by atoms with van der Waals surface area (Å²) in [4.78, 5) is 4.67. The number of benzene rings is 3. The van der Waals surface area contributed by atoms with E-state index >= 15 is 0 Å². The van der Waals surface area contributed by atoms with Crippen molar-refractivity contribution in [3.63, 3.8) is 0 Å². The first-order valence-electron chi connectivity index (χ1n) is 8.08. The first kappa shape index (κ1) is 19.9. The number of para-hydroxylation sites is 1. The summed E-state index contributed by atoms with van der Waals surface area (Å²) in [6.45, 7) is 0. The zero-order valence-corrected chi connectivity index (χ0v) is 18.8. The highest BCUT2D eigenvalue weighted by Gasteiger charge is 2.05. The van der Waals surface area contributed by atoms with Crippen molar-refractivity contribution in [2.75, 3.05) is 5.32 Å². The smallest absolute Gasteiger partial charge is 0.187 e. The van der Waals surface area contributed by atoms with Crippen molar-refractivity contribution >= 4 is 61.7 Å². The van der Waals surface area contributed by atoms with E-state index in [1.807, 2.05) is 54.6 Å². The van der Waals surface area contributed by atoms with Crippen molar-refractivity contribution in [1.29, 1.82) is 0 Å². The summed E-state index contributed by atoms with van der Waals surface area (Å²) in [6.07, 6.45) is 0. The molecule has 4 aromatic rings. The molecule has 0 aliphatic carbocycles. The molecule has 6 heteroatoms. The summed E-state index contributed by atoms with van der Waals surface area (Å²) < 4.78 is 7.03. The predicted octanol–water partition coefficient (Wildman–Crippen LogP) is 7.53. The zero-order chi connectivity index (χ0) is 17.8. The Bertz CT molecular complexity index is 989. The molecular formula is C21H16BrIN2OS. The molecule has 0 atom stereocenters. The van der Waals surface area contributed by atoms with E-state index in [-0.39, 0.29) is 17.0 Å². The number of nitrogens with one attached hydrogen (secondary N) is 1. The number of halogens is 2. The van der Waals surface area contributed by atoms with Gasteiger partial charge in [0.2, 0.25) is 0 Å². The van der Waals surface area contributed by atoms with Gasteiger partial charge in [-0.05, 0) is 71.1 Å². The minimum absolute atomic E-state index is 0. The van der Waals surface area contributed by atoms with E-state index in [1.54, 1.807) is 11.3 Å². The van der Waals surface area contributed by atoms with Crippen molar-refractivity contribution in [2.45, 2.75) is 0 Å². The molecule has 0 aliphatic heterocycles. The van der Waals surface area contributed by atoms with E-state index in [2.05, 4.69) is 62.5 Å². The number of hydrogen-bond donors (Lipinski definition) is 1.